The quantitative estimate of drug-likeness (QED) is 0.591. The zero-order valence-corrected chi connectivity index (χ0v) is 19.7. The molecule has 0 unspecified atom stereocenters. The summed E-state index contributed by atoms with van der Waals surface area (Å²) in [6, 6.07) is 0.133. The van der Waals surface area contributed by atoms with Crippen LogP contribution in [0.25, 0.3) is 11.0 Å². The number of barbiturate groups is 1. The monoisotopic (exact) mass is 485 g/mol. The molecule has 0 radical (unpaired) electrons. The first-order chi connectivity index (χ1) is 16.8. The molecule has 1 spiro atoms. The predicted molar refractivity (Wildman–Crippen MR) is 124 cm³/mol. The molecule has 3 atom stereocenters. The molecule has 0 bridgehead atoms. The number of carbonyl (C=O) groups excluding carboxylic acids is 3. The molecule has 3 saturated heterocycles. The van der Waals surface area contributed by atoms with E-state index in [0.29, 0.717) is 22.5 Å². The van der Waals surface area contributed by atoms with E-state index in [0.717, 1.165) is 38.8 Å². The molecule has 4 aliphatic heterocycles. The highest BCUT2D eigenvalue weighted by Gasteiger charge is 2.63. The lowest BCUT2D eigenvalue weighted by Crippen LogP contribution is -2.75. The molecular formula is C24H28FN5O5. The lowest BCUT2D eigenvalue weighted by Gasteiger charge is -2.55. The normalized spacial score (nSPS) is 28.4. The summed E-state index contributed by atoms with van der Waals surface area (Å²) in [6.45, 7) is 5.50. The van der Waals surface area contributed by atoms with Crippen LogP contribution in [0, 0.1) is 11.2 Å². The van der Waals surface area contributed by atoms with Crippen LogP contribution in [0.3, 0.4) is 0 Å². The van der Waals surface area contributed by atoms with Crippen LogP contribution in [-0.2, 0) is 20.7 Å². The molecule has 2 aromatic rings. The van der Waals surface area contributed by atoms with Crippen LogP contribution in [0.4, 0.5) is 20.7 Å². The number of fused-ring (bicyclic) bond motifs is 5. The van der Waals surface area contributed by atoms with Gasteiger partial charge < -0.3 is 19.1 Å². The maximum atomic E-state index is 16.2. The standard InChI is InChI=1S/C24H28FN5O5/c1-12-11-30-17-14(10-24(19(30)13(2)34-12)21(31)26-23(33)27-22(24)32)9-15-18(16(17)25)35-28-20(15)29-7-5-3-4-6-8-29/h9,12-13,19H,3-8,10-11H2,1-2H3,(H2,26,27,31,32,33)/t12-,13+,19-/m0/s1. The van der Waals surface area contributed by atoms with Crippen LogP contribution in [0.15, 0.2) is 10.6 Å². The first-order valence-corrected chi connectivity index (χ1v) is 12.3. The van der Waals surface area contributed by atoms with Crippen LogP contribution in [0.5, 0.6) is 0 Å². The van der Waals surface area contributed by atoms with Gasteiger partial charge in [0.2, 0.25) is 17.4 Å². The zero-order chi connectivity index (χ0) is 24.5. The first-order valence-electron chi connectivity index (χ1n) is 12.3. The van der Waals surface area contributed by atoms with E-state index in [1.165, 1.54) is 0 Å². The Kier molecular flexibility index (Phi) is 5.03. The number of rotatable bonds is 1. The van der Waals surface area contributed by atoms with Gasteiger partial charge in [-0.2, -0.15) is 0 Å². The lowest BCUT2D eigenvalue weighted by atomic mass is 9.66. The highest BCUT2D eigenvalue weighted by Crippen LogP contribution is 2.49. The summed E-state index contributed by atoms with van der Waals surface area (Å²) in [5, 5.41) is 9.28. The predicted octanol–water partition coefficient (Wildman–Crippen LogP) is 2.24. The summed E-state index contributed by atoms with van der Waals surface area (Å²) in [7, 11) is 0. The van der Waals surface area contributed by atoms with Gasteiger partial charge in [0, 0.05) is 26.1 Å². The molecule has 3 fully saturated rings. The van der Waals surface area contributed by atoms with Crippen LogP contribution in [0.1, 0.15) is 45.1 Å². The van der Waals surface area contributed by atoms with Crippen molar-refractivity contribution in [2.75, 3.05) is 29.4 Å². The topological polar surface area (TPSA) is 117 Å². The second kappa shape index (κ2) is 7.91. The van der Waals surface area contributed by atoms with E-state index in [4.69, 9.17) is 9.26 Å². The number of hydrogen-bond acceptors (Lipinski definition) is 8. The number of carbonyl (C=O) groups is 3. The third-order valence-corrected chi connectivity index (χ3v) is 7.85. The minimum Gasteiger partial charge on any atom is -0.372 e. The van der Waals surface area contributed by atoms with Gasteiger partial charge >= 0.3 is 6.03 Å². The minimum atomic E-state index is -1.65. The van der Waals surface area contributed by atoms with E-state index in [1.54, 1.807) is 17.9 Å². The molecule has 4 amide bonds. The highest BCUT2D eigenvalue weighted by molar-refractivity contribution is 6.20. The zero-order valence-electron chi connectivity index (χ0n) is 19.7. The smallest absolute Gasteiger partial charge is 0.328 e. The summed E-state index contributed by atoms with van der Waals surface area (Å²) >= 11 is 0. The van der Waals surface area contributed by atoms with Gasteiger partial charge in [-0.25, -0.2) is 9.18 Å². The SMILES string of the molecule is C[C@H]1CN2c3c(cc4c(N5CCCCCC5)noc4c3F)CC3(C(=O)NC(=O)NC3=O)[C@@H]2[C@@H](C)O1. The van der Waals surface area contributed by atoms with Crippen molar-refractivity contribution in [1.82, 2.24) is 15.8 Å². The van der Waals surface area contributed by atoms with Crippen molar-refractivity contribution >= 4 is 40.3 Å². The van der Waals surface area contributed by atoms with Crippen molar-refractivity contribution in [3.8, 4) is 0 Å². The van der Waals surface area contributed by atoms with Gasteiger partial charge in [0.1, 0.15) is 0 Å². The summed E-state index contributed by atoms with van der Waals surface area (Å²) in [5.74, 6) is -1.37. The Balaban J connectivity index is 1.54. The minimum absolute atomic E-state index is 0.0669. The third kappa shape index (κ3) is 3.17. The van der Waals surface area contributed by atoms with E-state index in [2.05, 4.69) is 20.7 Å². The van der Waals surface area contributed by atoms with Gasteiger partial charge in [-0.15, -0.1) is 0 Å². The highest BCUT2D eigenvalue weighted by atomic mass is 19.1. The van der Waals surface area contributed by atoms with Crippen LogP contribution in [0.2, 0.25) is 0 Å². The number of ether oxygens (including phenoxy) is 1. The molecule has 2 N–H and O–H groups in total. The third-order valence-electron chi connectivity index (χ3n) is 7.85. The fourth-order valence-electron chi connectivity index (χ4n) is 6.45. The lowest BCUT2D eigenvalue weighted by molar-refractivity contribution is -0.153. The van der Waals surface area contributed by atoms with E-state index in [1.807, 2.05) is 6.92 Å². The largest absolute Gasteiger partial charge is 0.372 e. The van der Waals surface area contributed by atoms with Crippen molar-refractivity contribution in [3.63, 3.8) is 0 Å². The average molecular weight is 486 g/mol. The molecule has 5 heterocycles. The number of anilines is 2. The first kappa shape index (κ1) is 22.3. The number of hydrogen-bond donors (Lipinski definition) is 2. The number of halogens is 1. The van der Waals surface area contributed by atoms with Crippen molar-refractivity contribution in [3.05, 3.63) is 17.4 Å². The van der Waals surface area contributed by atoms with Crippen LogP contribution < -0.4 is 20.4 Å². The molecule has 35 heavy (non-hydrogen) atoms. The summed E-state index contributed by atoms with van der Waals surface area (Å²) in [4.78, 5) is 42.4. The maximum Gasteiger partial charge on any atom is 0.328 e. The van der Waals surface area contributed by atoms with Crippen molar-refractivity contribution < 1.29 is 28.0 Å². The van der Waals surface area contributed by atoms with Gasteiger partial charge in [0.05, 0.1) is 29.3 Å². The molecule has 11 heteroatoms. The molecule has 186 valence electrons. The van der Waals surface area contributed by atoms with Gasteiger partial charge in [0.25, 0.3) is 0 Å². The van der Waals surface area contributed by atoms with E-state index in [9.17, 15) is 14.4 Å². The Hall–Kier alpha value is -3.21. The van der Waals surface area contributed by atoms with Crippen LogP contribution in [-0.4, -0.2) is 60.9 Å². The molecule has 1 aromatic carbocycles. The fourth-order valence-corrected chi connectivity index (χ4v) is 6.45. The van der Waals surface area contributed by atoms with Crippen molar-refractivity contribution in [2.45, 2.75) is 64.2 Å². The number of urea groups is 1. The summed E-state index contributed by atoms with van der Waals surface area (Å²) < 4.78 is 27.7. The molecule has 6 rings (SSSR count). The van der Waals surface area contributed by atoms with Crippen molar-refractivity contribution in [2.24, 2.45) is 5.41 Å². The number of morpholine rings is 1. The maximum absolute atomic E-state index is 16.2. The van der Waals surface area contributed by atoms with Gasteiger partial charge in [-0.05, 0) is 38.3 Å². The molecular weight excluding hydrogens is 457 g/mol. The van der Waals surface area contributed by atoms with Gasteiger partial charge in [0.15, 0.2) is 17.1 Å². The number of nitrogens with one attached hydrogen (secondary N) is 2. The van der Waals surface area contributed by atoms with E-state index >= 15 is 4.39 Å². The Morgan fingerprint density at radius 2 is 1.77 bits per heavy atom. The van der Waals surface area contributed by atoms with Gasteiger partial charge in [-0.3, -0.25) is 20.2 Å². The number of nitrogens with zero attached hydrogens (tertiary/aromatic N) is 3. The molecule has 1 aromatic heterocycles. The Labute approximate surface area is 201 Å². The molecule has 10 nitrogen and oxygen atoms in total. The van der Waals surface area contributed by atoms with E-state index < -0.39 is 41.2 Å². The van der Waals surface area contributed by atoms with Gasteiger partial charge in [-0.1, -0.05) is 18.0 Å². The van der Waals surface area contributed by atoms with Crippen molar-refractivity contribution in [1.29, 1.82) is 0 Å². The summed E-state index contributed by atoms with van der Waals surface area (Å²) in [5.41, 5.74) is -0.782. The Morgan fingerprint density at radius 1 is 1.09 bits per heavy atom. The molecule has 0 aliphatic carbocycles. The fraction of sp³-hybridized carbons (Fsp3) is 0.583. The Bertz CT molecular complexity index is 1220. The molecule has 4 aliphatic rings. The number of amides is 4. The van der Waals surface area contributed by atoms with Crippen LogP contribution >= 0.6 is 0 Å². The summed E-state index contributed by atoms with van der Waals surface area (Å²) in [6.07, 6.45) is 3.39. The molecule has 0 saturated carbocycles. The van der Waals surface area contributed by atoms with E-state index in [-0.39, 0.29) is 24.7 Å². The number of aromatic nitrogens is 1. The second-order valence-electron chi connectivity index (χ2n) is 10.1. The number of benzene rings is 1. The second-order valence-corrected chi connectivity index (χ2v) is 10.1. The number of imide groups is 2. The Morgan fingerprint density at radius 3 is 2.46 bits per heavy atom. The average Bonchev–Trinajstić information content (AvgIpc) is 3.03.